The maximum atomic E-state index is 12.6. The number of hydrogen-bond donors (Lipinski definition) is 0. The van der Waals surface area contributed by atoms with E-state index in [4.69, 9.17) is 0 Å². The Kier molecular flexibility index (Phi) is 5.25. The van der Waals surface area contributed by atoms with Crippen LogP contribution >= 0.6 is 0 Å². The van der Waals surface area contributed by atoms with E-state index in [0.717, 1.165) is 53.6 Å². The summed E-state index contributed by atoms with van der Waals surface area (Å²) in [6, 6.07) is 9.20. The zero-order valence-corrected chi connectivity index (χ0v) is 17.5. The molecule has 32 heavy (non-hydrogen) atoms. The third-order valence-corrected chi connectivity index (χ3v) is 5.71. The van der Waals surface area contributed by atoms with E-state index in [-0.39, 0.29) is 0 Å². The number of hydrogen-bond acceptors (Lipinski definition) is 7. The second kappa shape index (κ2) is 8.23. The van der Waals surface area contributed by atoms with Crippen LogP contribution < -0.4 is 10.5 Å². The number of benzene rings is 1. The molecule has 4 heterocycles. The topological polar surface area (TPSA) is 84.5 Å². The molecule has 0 aliphatic carbocycles. The lowest BCUT2D eigenvalue weighted by molar-refractivity contribution is 0.125. The minimum absolute atomic E-state index is 0.344. The smallest absolute Gasteiger partial charge is 0.261 e. The molecule has 0 unspecified atom stereocenters. The third kappa shape index (κ3) is 3.91. The standard InChI is InChI=1S/C21H22F2N8O/c1-14-2-5-19-25-26-20(31(19)27-14)12-28-6-8-29(9-7-28)15-3-4-16-17(10-15)24-13-30(21(16)32)11-18(22)23/h2-5,10,13,18H,6-9,11-12H2,1H3. The van der Waals surface area contributed by atoms with Gasteiger partial charge in [-0.15, -0.1) is 10.2 Å². The average Bonchev–Trinajstić information content (AvgIpc) is 3.17. The Bertz CT molecular complexity index is 1330. The van der Waals surface area contributed by atoms with Crippen LogP contribution in [0.4, 0.5) is 14.5 Å². The molecule has 1 saturated heterocycles. The van der Waals surface area contributed by atoms with Gasteiger partial charge in [-0.25, -0.2) is 13.8 Å². The number of aryl methyl sites for hydroxylation is 1. The van der Waals surface area contributed by atoms with E-state index in [2.05, 4.69) is 30.1 Å². The lowest BCUT2D eigenvalue weighted by Gasteiger charge is -2.35. The van der Waals surface area contributed by atoms with Crippen LogP contribution in [-0.2, 0) is 13.1 Å². The molecule has 9 nitrogen and oxygen atoms in total. The van der Waals surface area contributed by atoms with Crippen LogP contribution in [0.3, 0.4) is 0 Å². The second-order valence-electron chi connectivity index (χ2n) is 7.92. The van der Waals surface area contributed by atoms with Crippen molar-refractivity contribution in [1.82, 2.24) is 34.3 Å². The molecule has 1 aliphatic rings. The molecule has 0 atom stereocenters. The number of halogens is 2. The van der Waals surface area contributed by atoms with Gasteiger partial charge < -0.3 is 4.90 Å². The van der Waals surface area contributed by atoms with Crippen LogP contribution in [0.1, 0.15) is 11.5 Å². The van der Waals surface area contributed by atoms with Gasteiger partial charge in [0.1, 0.15) is 0 Å². The molecule has 1 aromatic carbocycles. The largest absolute Gasteiger partial charge is 0.369 e. The van der Waals surface area contributed by atoms with Crippen molar-refractivity contribution in [1.29, 1.82) is 0 Å². The third-order valence-electron chi connectivity index (χ3n) is 5.71. The molecule has 0 radical (unpaired) electrons. The van der Waals surface area contributed by atoms with Gasteiger partial charge in [0, 0.05) is 31.9 Å². The zero-order valence-electron chi connectivity index (χ0n) is 17.5. The number of alkyl halides is 2. The van der Waals surface area contributed by atoms with Crippen LogP contribution in [-0.4, -0.2) is 66.9 Å². The van der Waals surface area contributed by atoms with E-state index < -0.39 is 18.5 Å². The number of aromatic nitrogens is 6. The molecule has 3 aromatic heterocycles. The minimum atomic E-state index is -2.60. The van der Waals surface area contributed by atoms with Gasteiger partial charge in [-0.05, 0) is 37.3 Å². The van der Waals surface area contributed by atoms with Gasteiger partial charge in [0.05, 0.1) is 36.0 Å². The van der Waals surface area contributed by atoms with Crippen LogP contribution in [0.2, 0.25) is 0 Å². The number of rotatable bonds is 5. The van der Waals surface area contributed by atoms with Crippen molar-refractivity contribution >= 4 is 22.2 Å². The van der Waals surface area contributed by atoms with Gasteiger partial charge >= 0.3 is 0 Å². The number of fused-ring (bicyclic) bond motifs is 2. The monoisotopic (exact) mass is 440 g/mol. The Hall–Kier alpha value is -3.47. The number of nitrogens with zero attached hydrogens (tertiary/aromatic N) is 8. The molecule has 5 rings (SSSR count). The molecule has 4 aromatic rings. The maximum absolute atomic E-state index is 12.6. The Morgan fingerprint density at radius 3 is 2.66 bits per heavy atom. The summed E-state index contributed by atoms with van der Waals surface area (Å²) in [6.07, 6.45) is -1.41. The van der Waals surface area contributed by atoms with Gasteiger partial charge in [-0.3, -0.25) is 14.3 Å². The lowest BCUT2D eigenvalue weighted by Crippen LogP contribution is -2.46. The molecule has 0 spiro atoms. The van der Waals surface area contributed by atoms with Crippen LogP contribution in [0.5, 0.6) is 0 Å². The second-order valence-corrected chi connectivity index (χ2v) is 7.92. The highest BCUT2D eigenvalue weighted by Gasteiger charge is 2.20. The Balaban J connectivity index is 1.28. The van der Waals surface area contributed by atoms with Crippen LogP contribution in [0.25, 0.3) is 16.6 Å². The van der Waals surface area contributed by atoms with Crippen molar-refractivity contribution < 1.29 is 8.78 Å². The van der Waals surface area contributed by atoms with E-state index in [9.17, 15) is 13.6 Å². The van der Waals surface area contributed by atoms with Crippen molar-refractivity contribution in [3.05, 3.63) is 58.5 Å². The van der Waals surface area contributed by atoms with Crippen molar-refractivity contribution in [2.75, 3.05) is 31.1 Å². The lowest BCUT2D eigenvalue weighted by atomic mass is 10.2. The summed E-state index contributed by atoms with van der Waals surface area (Å²) in [5.74, 6) is 0.812. The van der Waals surface area contributed by atoms with E-state index >= 15 is 0 Å². The van der Waals surface area contributed by atoms with Gasteiger partial charge in [0.15, 0.2) is 11.5 Å². The fraction of sp³-hybridized carbons (Fsp3) is 0.381. The molecule has 0 amide bonds. The molecule has 0 bridgehead atoms. The van der Waals surface area contributed by atoms with Crippen LogP contribution in [0, 0.1) is 6.92 Å². The highest BCUT2D eigenvalue weighted by atomic mass is 19.3. The minimum Gasteiger partial charge on any atom is -0.369 e. The summed E-state index contributed by atoms with van der Waals surface area (Å²) in [4.78, 5) is 21.2. The summed E-state index contributed by atoms with van der Waals surface area (Å²) in [5.41, 5.74) is 2.67. The van der Waals surface area contributed by atoms with Gasteiger partial charge in [0.2, 0.25) is 0 Å². The van der Waals surface area contributed by atoms with E-state index in [1.165, 1.54) is 6.33 Å². The summed E-state index contributed by atoms with van der Waals surface area (Å²) in [7, 11) is 0. The first-order valence-electron chi connectivity index (χ1n) is 10.4. The first kappa shape index (κ1) is 20.4. The molecule has 0 N–H and O–H groups in total. The van der Waals surface area contributed by atoms with Gasteiger partial charge in [-0.2, -0.15) is 9.61 Å². The normalized spacial score (nSPS) is 15.3. The van der Waals surface area contributed by atoms with Gasteiger partial charge in [-0.1, -0.05) is 0 Å². The van der Waals surface area contributed by atoms with Crippen molar-refractivity contribution in [2.24, 2.45) is 0 Å². The first-order valence-corrected chi connectivity index (χ1v) is 10.4. The van der Waals surface area contributed by atoms with E-state index in [0.29, 0.717) is 17.4 Å². The maximum Gasteiger partial charge on any atom is 0.261 e. The highest BCUT2D eigenvalue weighted by molar-refractivity contribution is 5.81. The summed E-state index contributed by atoms with van der Waals surface area (Å²) < 4.78 is 28.0. The summed E-state index contributed by atoms with van der Waals surface area (Å²) in [5, 5.41) is 13.3. The highest BCUT2D eigenvalue weighted by Crippen LogP contribution is 2.21. The molecular formula is C21H22F2N8O. The van der Waals surface area contributed by atoms with E-state index in [1.807, 2.05) is 31.2 Å². The molecular weight excluding hydrogens is 418 g/mol. The predicted octanol–water partition coefficient (Wildman–Crippen LogP) is 1.73. The van der Waals surface area contributed by atoms with Crippen molar-refractivity contribution in [3.63, 3.8) is 0 Å². The number of anilines is 1. The van der Waals surface area contributed by atoms with E-state index in [1.54, 1.807) is 10.6 Å². The molecule has 0 saturated carbocycles. The Morgan fingerprint density at radius 1 is 1.06 bits per heavy atom. The Labute approximate surface area is 181 Å². The Morgan fingerprint density at radius 2 is 1.88 bits per heavy atom. The fourth-order valence-electron chi connectivity index (χ4n) is 4.01. The molecule has 1 fully saturated rings. The molecule has 1 aliphatic heterocycles. The number of piperazine rings is 1. The molecule has 166 valence electrons. The SMILES string of the molecule is Cc1ccc2nnc(CN3CCN(c4ccc5c(=O)n(CC(F)F)cnc5c4)CC3)n2n1. The summed E-state index contributed by atoms with van der Waals surface area (Å²) in [6.45, 7) is 5.23. The molecule has 11 heteroatoms. The zero-order chi connectivity index (χ0) is 22.2. The van der Waals surface area contributed by atoms with Crippen molar-refractivity contribution in [3.8, 4) is 0 Å². The quantitative estimate of drug-likeness (QED) is 0.467. The average molecular weight is 440 g/mol. The van der Waals surface area contributed by atoms with Crippen LogP contribution in [0.15, 0.2) is 41.5 Å². The summed E-state index contributed by atoms with van der Waals surface area (Å²) >= 11 is 0. The van der Waals surface area contributed by atoms with Gasteiger partial charge in [0.25, 0.3) is 12.0 Å². The van der Waals surface area contributed by atoms with Crippen molar-refractivity contribution in [2.45, 2.75) is 26.4 Å². The first-order chi connectivity index (χ1) is 15.5. The fourth-order valence-corrected chi connectivity index (χ4v) is 4.01. The predicted molar refractivity (Wildman–Crippen MR) is 115 cm³/mol.